The van der Waals surface area contributed by atoms with Crippen LogP contribution in [0.4, 0.5) is 0 Å². The molecule has 1 N–H and O–H groups in total. The van der Waals surface area contributed by atoms with E-state index in [1.54, 1.807) is 25.5 Å². The Hall–Kier alpha value is -2.43. The number of rotatable bonds is 8. The van der Waals surface area contributed by atoms with E-state index in [0.717, 1.165) is 11.3 Å². The first-order valence-corrected chi connectivity index (χ1v) is 7.17. The van der Waals surface area contributed by atoms with Gasteiger partial charge in [0.05, 0.1) is 7.11 Å². The maximum Gasteiger partial charge on any atom is 0.303 e. The van der Waals surface area contributed by atoms with Gasteiger partial charge in [0.2, 0.25) is 0 Å². The van der Waals surface area contributed by atoms with Crippen LogP contribution in [-0.2, 0) is 16.0 Å². The lowest BCUT2D eigenvalue weighted by Crippen LogP contribution is -2.34. The van der Waals surface area contributed by atoms with Gasteiger partial charge in [-0.25, -0.2) is 0 Å². The fourth-order valence-corrected chi connectivity index (χ4v) is 2.44. The second-order valence-electron chi connectivity index (χ2n) is 5.23. The zero-order valence-electron chi connectivity index (χ0n) is 12.5. The largest absolute Gasteiger partial charge is 0.497 e. The van der Waals surface area contributed by atoms with Gasteiger partial charge in [0.15, 0.2) is 5.78 Å². The first kappa shape index (κ1) is 15.9. The minimum atomic E-state index is -0.995. The third-order valence-electron chi connectivity index (χ3n) is 3.77. The molecule has 0 radical (unpaired) electrons. The molecule has 5 heteroatoms. The summed E-state index contributed by atoms with van der Waals surface area (Å²) < 4.78 is 5.10. The van der Waals surface area contributed by atoms with E-state index in [0.29, 0.717) is 12.8 Å². The predicted octanol–water partition coefficient (Wildman–Crippen LogP) is 2.44. The Balaban J connectivity index is 1.98. The topological polar surface area (TPSA) is 76.0 Å². The second-order valence-corrected chi connectivity index (χ2v) is 5.23. The lowest BCUT2D eigenvalue weighted by molar-refractivity contribution is -0.137. The fourth-order valence-electron chi connectivity index (χ4n) is 2.44. The molecule has 1 aliphatic heterocycles. The number of carbonyl (C=O) groups excluding carboxylic acids is 1. The molecule has 0 bridgehead atoms. The van der Waals surface area contributed by atoms with E-state index in [-0.39, 0.29) is 18.6 Å². The number of carboxylic acids is 1. The molecule has 1 aliphatic rings. The molecule has 0 fully saturated rings. The Morgan fingerprint density at radius 2 is 1.95 bits per heavy atom. The zero-order chi connectivity index (χ0) is 16.0. The summed E-state index contributed by atoms with van der Waals surface area (Å²) >= 11 is 0. The molecule has 1 heterocycles. The molecular formula is C17H19NO4. The number of benzene rings is 1. The molecule has 0 saturated heterocycles. The number of aliphatic imine (C=N–C) groups is 1. The molecule has 1 unspecified atom stereocenters. The van der Waals surface area contributed by atoms with Crippen LogP contribution in [0.25, 0.3) is 0 Å². The molecule has 1 aromatic rings. The third kappa shape index (κ3) is 3.81. The maximum atomic E-state index is 12.5. The van der Waals surface area contributed by atoms with Crippen LogP contribution in [-0.4, -0.2) is 35.7 Å². The van der Waals surface area contributed by atoms with E-state index in [4.69, 9.17) is 9.84 Å². The SMILES string of the molecule is COc1ccc(CCC(=O)C2(CCC(=O)O)C=CC=N2)cc1. The van der Waals surface area contributed by atoms with Crippen molar-refractivity contribution in [3.8, 4) is 5.75 Å². The van der Waals surface area contributed by atoms with Crippen molar-refractivity contribution in [3.05, 3.63) is 42.0 Å². The van der Waals surface area contributed by atoms with Crippen LogP contribution < -0.4 is 4.74 Å². The Morgan fingerprint density at radius 1 is 1.23 bits per heavy atom. The van der Waals surface area contributed by atoms with Gasteiger partial charge < -0.3 is 9.84 Å². The highest BCUT2D eigenvalue weighted by atomic mass is 16.5. The van der Waals surface area contributed by atoms with Crippen LogP contribution >= 0.6 is 0 Å². The smallest absolute Gasteiger partial charge is 0.303 e. The van der Waals surface area contributed by atoms with Crippen LogP contribution in [0.5, 0.6) is 5.75 Å². The molecule has 0 aromatic heterocycles. The molecule has 0 aliphatic carbocycles. The number of carbonyl (C=O) groups is 2. The highest BCUT2D eigenvalue weighted by Crippen LogP contribution is 2.27. The van der Waals surface area contributed by atoms with Gasteiger partial charge in [-0.05, 0) is 42.7 Å². The summed E-state index contributed by atoms with van der Waals surface area (Å²) in [6.45, 7) is 0. The van der Waals surface area contributed by atoms with Crippen molar-refractivity contribution >= 4 is 18.0 Å². The summed E-state index contributed by atoms with van der Waals surface area (Å²) in [6, 6.07) is 7.55. The number of Topliss-reactive ketones (excluding diaryl/α,β-unsaturated/α-hetero) is 1. The van der Waals surface area contributed by atoms with E-state index in [2.05, 4.69) is 4.99 Å². The van der Waals surface area contributed by atoms with Crippen LogP contribution in [0.15, 0.2) is 41.4 Å². The molecule has 22 heavy (non-hydrogen) atoms. The Kier molecular flexibility index (Phi) is 5.09. The number of hydrogen-bond donors (Lipinski definition) is 1. The second kappa shape index (κ2) is 7.02. The molecule has 1 aromatic carbocycles. The Morgan fingerprint density at radius 3 is 2.50 bits per heavy atom. The molecule has 5 nitrogen and oxygen atoms in total. The molecular weight excluding hydrogens is 282 g/mol. The van der Waals surface area contributed by atoms with Crippen molar-refractivity contribution in [2.45, 2.75) is 31.2 Å². The molecule has 2 rings (SSSR count). The summed E-state index contributed by atoms with van der Waals surface area (Å²) in [7, 11) is 1.61. The zero-order valence-corrected chi connectivity index (χ0v) is 12.5. The number of carboxylic acid groups (broad SMARTS) is 1. The first-order chi connectivity index (χ1) is 10.6. The number of hydrogen-bond acceptors (Lipinski definition) is 4. The van der Waals surface area contributed by atoms with Crippen molar-refractivity contribution in [3.63, 3.8) is 0 Å². The number of methoxy groups -OCH3 is 1. The lowest BCUT2D eigenvalue weighted by atomic mass is 9.87. The average molecular weight is 301 g/mol. The fraction of sp³-hybridized carbons (Fsp3) is 0.353. The first-order valence-electron chi connectivity index (χ1n) is 7.17. The summed E-state index contributed by atoms with van der Waals surface area (Å²) in [4.78, 5) is 27.5. The Labute approximate surface area is 129 Å². The van der Waals surface area contributed by atoms with Gasteiger partial charge in [-0.1, -0.05) is 12.1 Å². The van der Waals surface area contributed by atoms with E-state index in [1.807, 2.05) is 24.3 Å². The molecule has 1 atom stereocenters. The van der Waals surface area contributed by atoms with Gasteiger partial charge in [-0.15, -0.1) is 0 Å². The van der Waals surface area contributed by atoms with Crippen molar-refractivity contribution in [2.75, 3.05) is 7.11 Å². The predicted molar refractivity (Wildman–Crippen MR) is 83.6 cm³/mol. The normalized spacial score (nSPS) is 19.3. The molecule has 0 saturated carbocycles. The lowest BCUT2D eigenvalue weighted by Gasteiger charge is -2.22. The highest BCUT2D eigenvalue weighted by Gasteiger charge is 2.36. The van der Waals surface area contributed by atoms with Crippen LogP contribution in [0, 0.1) is 0 Å². The maximum absolute atomic E-state index is 12.5. The number of nitrogens with zero attached hydrogens (tertiary/aromatic N) is 1. The van der Waals surface area contributed by atoms with E-state index in [9.17, 15) is 9.59 Å². The summed E-state index contributed by atoms with van der Waals surface area (Å²) in [5.74, 6) is -0.191. The van der Waals surface area contributed by atoms with Gasteiger partial charge in [0.25, 0.3) is 0 Å². The van der Waals surface area contributed by atoms with E-state index in [1.165, 1.54) is 0 Å². The van der Waals surface area contributed by atoms with E-state index < -0.39 is 11.5 Å². The van der Waals surface area contributed by atoms with Crippen LogP contribution in [0.2, 0.25) is 0 Å². The minimum absolute atomic E-state index is 0.0467. The number of ether oxygens (including phenoxy) is 1. The van der Waals surface area contributed by atoms with Crippen LogP contribution in [0.1, 0.15) is 24.8 Å². The van der Waals surface area contributed by atoms with Gasteiger partial charge in [0, 0.05) is 19.1 Å². The van der Waals surface area contributed by atoms with Gasteiger partial charge >= 0.3 is 5.97 Å². The van der Waals surface area contributed by atoms with Crippen molar-refractivity contribution in [1.29, 1.82) is 0 Å². The van der Waals surface area contributed by atoms with Crippen molar-refractivity contribution < 1.29 is 19.4 Å². The standard InChI is InChI=1S/C17H19NO4/c1-22-14-6-3-13(4-7-14)5-8-15(19)17(10-2-12-18-17)11-9-16(20)21/h2-4,6-7,10,12H,5,8-9,11H2,1H3,(H,20,21). The minimum Gasteiger partial charge on any atom is -0.497 e. The monoisotopic (exact) mass is 301 g/mol. The number of allylic oxidation sites excluding steroid dienone is 1. The summed E-state index contributed by atoms with van der Waals surface area (Å²) in [5, 5.41) is 8.83. The highest BCUT2D eigenvalue weighted by molar-refractivity contribution is 5.96. The van der Waals surface area contributed by atoms with Gasteiger partial charge in [-0.3, -0.25) is 14.6 Å². The number of aryl methyl sites for hydroxylation is 1. The summed E-state index contributed by atoms with van der Waals surface area (Å²) in [5.41, 5.74) is 0.0405. The average Bonchev–Trinajstić information content (AvgIpc) is 3.01. The molecule has 0 spiro atoms. The van der Waals surface area contributed by atoms with Crippen LogP contribution in [0.3, 0.4) is 0 Å². The quantitative estimate of drug-likeness (QED) is 0.800. The summed E-state index contributed by atoms with van der Waals surface area (Å²) in [6.07, 6.45) is 6.02. The van der Waals surface area contributed by atoms with E-state index >= 15 is 0 Å². The molecule has 0 amide bonds. The van der Waals surface area contributed by atoms with Gasteiger partial charge in [0.1, 0.15) is 11.3 Å². The van der Waals surface area contributed by atoms with Crippen molar-refractivity contribution in [1.82, 2.24) is 0 Å². The Bertz CT molecular complexity index is 590. The third-order valence-corrected chi connectivity index (χ3v) is 3.77. The van der Waals surface area contributed by atoms with Crippen molar-refractivity contribution in [2.24, 2.45) is 4.99 Å². The molecule has 116 valence electrons. The van der Waals surface area contributed by atoms with Gasteiger partial charge in [-0.2, -0.15) is 0 Å². The number of aliphatic carboxylic acids is 1. The number of ketones is 1.